The van der Waals surface area contributed by atoms with E-state index in [0.29, 0.717) is 9.93 Å². The van der Waals surface area contributed by atoms with Crippen LogP contribution in [0.15, 0.2) is 4.73 Å². The lowest BCUT2D eigenvalue weighted by molar-refractivity contribution is 0.307. The molecule has 0 aliphatic rings. The van der Waals surface area contributed by atoms with E-state index in [-0.39, 0.29) is 0 Å². The van der Waals surface area contributed by atoms with E-state index >= 15 is 0 Å². The minimum atomic E-state index is 0.606. The molecule has 0 atom stereocenters. The summed E-state index contributed by atoms with van der Waals surface area (Å²) in [7, 11) is 0. The van der Waals surface area contributed by atoms with Crippen LogP contribution in [0.2, 0.25) is 0 Å². The third kappa shape index (κ3) is 3.16. The SMILES string of the molecule is CCCCOc1nc(Br)ns1. The molecule has 0 bridgehead atoms. The standard InChI is InChI=1S/C6H9BrN2OS/c1-2-3-4-10-6-8-5(7)9-11-6/h2-4H2,1H3. The molecule has 0 radical (unpaired) electrons. The molecule has 11 heavy (non-hydrogen) atoms. The highest BCUT2D eigenvalue weighted by Gasteiger charge is 1.99. The maximum atomic E-state index is 5.28. The van der Waals surface area contributed by atoms with Gasteiger partial charge < -0.3 is 4.74 Å². The number of aromatic nitrogens is 2. The second-order valence-corrected chi connectivity index (χ2v) is 3.45. The van der Waals surface area contributed by atoms with Crippen molar-refractivity contribution in [2.45, 2.75) is 19.8 Å². The van der Waals surface area contributed by atoms with Gasteiger partial charge >= 0.3 is 0 Å². The number of rotatable bonds is 4. The van der Waals surface area contributed by atoms with E-state index < -0.39 is 0 Å². The van der Waals surface area contributed by atoms with E-state index in [1.165, 1.54) is 11.5 Å². The zero-order valence-corrected chi connectivity index (χ0v) is 8.61. The topological polar surface area (TPSA) is 35.0 Å². The second kappa shape index (κ2) is 4.66. The average molecular weight is 237 g/mol. The zero-order chi connectivity index (χ0) is 8.10. The predicted molar refractivity (Wildman–Crippen MR) is 48.0 cm³/mol. The normalized spacial score (nSPS) is 10.0. The third-order valence-corrected chi connectivity index (χ3v) is 2.32. The Hall–Kier alpha value is -0.160. The summed E-state index contributed by atoms with van der Waals surface area (Å²) in [6.45, 7) is 2.86. The monoisotopic (exact) mass is 236 g/mol. The van der Waals surface area contributed by atoms with Gasteiger partial charge in [-0.3, -0.25) is 0 Å². The maximum absolute atomic E-state index is 5.28. The molecule has 0 fully saturated rings. The van der Waals surface area contributed by atoms with Crippen LogP contribution in [0.4, 0.5) is 0 Å². The number of hydrogen-bond acceptors (Lipinski definition) is 4. The Labute approximate surface area is 78.1 Å². The largest absolute Gasteiger partial charge is 0.469 e. The molecule has 0 spiro atoms. The van der Waals surface area contributed by atoms with Gasteiger partial charge in [0.05, 0.1) is 6.61 Å². The minimum Gasteiger partial charge on any atom is -0.469 e. The first kappa shape index (κ1) is 8.93. The highest BCUT2D eigenvalue weighted by Crippen LogP contribution is 2.17. The van der Waals surface area contributed by atoms with Crippen molar-refractivity contribution in [1.82, 2.24) is 9.36 Å². The summed E-state index contributed by atoms with van der Waals surface area (Å²) in [5.74, 6) is 0. The molecular weight excluding hydrogens is 228 g/mol. The fraction of sp³-hybridized carbons (Fsp3) is 0.667. The Morgan fingerprint density at radius 1 is 1.64 bits per heavy atom. The molecule has 0 aromatic carbocycles. The lowest BCUT2D eigenvalue weighted by Gasteiger charge is -1.97. The molecule has 1 aromatic rings. The summed E-state index contributed by atoms with van der Waals surface area (Å²) in [4.78, 5) is 3.98. The van der Waals surface area contributed by atoms with Crippen molar-refractivity contribution in [3.8, 4) is 5.19 Å². The van der Waals surface area contributed by atoms with E-state index in [2.05, 4.69) is 32.2 Å². The van der Waals surface area contributed by atoms with Crippen LogP contribution in [0, 0.1) is 0 Å². The van der Waals surface area contributed by atoms with Crippen LogP contribution in [-0.2, 0) is 0 Å². The predicted octanol–water partition coefficient (Wildman–Crippen LogP) is 2.48. The fourth-order valence-corrected chi connectivity index (χ4v) is 1.51. The van der Waals surface area contributed by atoms with Gasteiger partial charge in [0.1, 0.15) is 0 Å². The minimum absolute atomic E-state index is 0.606. The van der Waals surface area contributed by atoms with Crippen LogP contribution in [0.3, 0.4) is 0 Å². The van der Waals surface area contributed by atoms with Crippen molar-refractivity contribution in [2.75, 3.05) is 6.61 Å². The van der Waals surface area contributed by atoms with E-state index in [0.717, 1.165) is 19.4 Å². The number of hydrogen-bond donors (Lipinski definition) is 0. The average Bonchev–Trinajstić information content (AvgIpc) is 2.37. The zero-order valence-electron chi connectivity index (χ0n) is 6.21. The number of halogens is 1. The Morgan fingerprint density at radius 2 is 2.45 bits per heavy atom. The van der Waals surface area contributed by atoms with Crippen LogP contribution in [0.25, 0.3) is 0 Å². The van der Waals surface area contributed by atoms with E-state index in [9.17, 15) is 0 Å². The Balaban J connectivity index is 2.27. The molecule has 5 heteroatoms. The van der Waals surface area contributed by atoms with E-state index in [1.807, 2.05) is 0 Å². The molecule has 3 nitrogen and oxygen atoms in total. The molecule has 1 heterocycles. The van der Waals surface area contributed by atoms with Gasteiger partial charge in [0.25, 0.3) is 5.19 Å². The fourth-order valence-electron chi connectivity index (χ4n) is 0.555. The highest BCUT2D eigenvalue weighted by molar-refractivity contribution is 9.10. The van der Waals surface area contributed by atoms with Crippen molar-refractivity contribution >= 4 is 27.5 Å². The molecule has 0 unspecified atom stereocenters. The molecule has 1 rings (SSSR count). The van der Waals surface area contributed by atoms with Gasteiger partial charge in [-0.2, -0.15) is 9.36 Å². The summed E-state index contributed by atoms with van der Waals surface area (Å²) in [5, 5.41) is 0.644. The molecule has 0 saturated heterocycles. The van der Waals surface area contributed by atoms with Gasteiger partial charge in [-0.15, -0.1) is 0 Å². The van der Waals surface area contributed by atoms with Gasteiger partial charge in [0, 0.05) is 11.5 Å². The molecule has 62 valence electrons. The third-order valence-electron chi connectivity index (χ3n) is 1.11. The summed E-state index contributed by atoms with van der Waals surface area (Å²) >= 11 is 4.42. The number of ether oxygens (including phenoxy) is 1. The van der Waals surface area contributed by atoms with Crippen LogP contribution in [0.1, 0.15) is 19.8 Å². The molecule has 1 aromatic heterocycles. The number of unbranched alkanes of at least 4 members (excludes halogenated alkanes) is 1. The lowest BCUT2D eigenvalue weighted by atomic mass is 10.4. The number of nitrogens with zero attached hydrogens (tertiary/aromatic N) is 2. The molecule has 0 N–H and O–H groups in total. The smallest absolute Gasteiger partial charge is 0.293 e. The van der Waals surface area contributed by atoms with Gasteiger partial charge in [-0.05, 0) is 22.4 Å². The van der Waals surface area contributed by atoms with Gasteiger partial charge in [0.15, 0.2) is 0 Å². The quantitative estimate of drug-likeness (QED) is 0.754. The van der Waals surface area contributed by atoms with Crippen molar-refractivity contribution in [2.24, 2.45) is 0 Å². The summed E-state index contributed by atoms with van der Waals surface area (Å²) < 4.78 is 9.81. The highest BCUT2D eigenvalue weighted by atomic mass is 79.9. The van der Waals surface area contributed by atoms with E-state index in [4.69, 9.17) is 4.74 Å². The van der Waals surface area contributed by atoms with Crippen molar-refractivity contribution < 1.29 is 4.74 Å². The van der Waals surface area contributed by atoms with Gasteiger partial charge in [-0.1, -0.05) is 13.3 Å². The van der Waals surface area contributed by atoms with Crippen LogP contribution in [-0.4, -0.2) is 16.0 Å². The summed E-state index contributed by atoms with van der Waals surface area (Å²) in [5.41, 5.74) is 0. The Morgan fingerprint density at radius 3 is 3.00 bits per heavy atom. The summed E-state index contributed by atoms with van der Waals surface area (Å²) in [6.07, 6.45) is 2.21. The molecule has 0 amide bonds. The maximum Gasteiger partial charge on any atom is 0.293 e. The second-order valence-electron chi connectivity index (χ2n) is 2.03. The molecule has 0 saturated carbocycles. The van der Waals surface area contributed by atoms with Crippen molar-refractivity contribution in [1.29, 1.82) is 0 Å². The summed E-state index contributed by atoms with van der Waals surface area (Å²) in [6, 6.07) is 0. The van der Waals surface area contributed by atoms with E-state index in [1.54, 1.807) is 0 Å². The van der Waals surface area contributed by atoms with Gasteiger partial charge in [0.2, 0.25) is 4.73 Å². The van der Waals surface area contributed by atoms with Gasteiger partial charge in [-0.25, -0.2) is 0 Å². The first-order valence-corrected chi connectivity index (χ1v) is 5.01. The van der Waals surface area contributed by atoms with Crippen LogP contribution >= 0.6 is 27.5 Å². The van der Waals surface area contributed by atoms with Crippen molar-refractivity contribution in [3.05, 3.63) is 4.73 Å². The lowest BCUT2D eigenvalue weighted by Crippen LogP contribution is -1.95. The molecule has 0 aliphatic carbocycles. The Kier molecular flexibility index (Phi) is 3.79. The first-order valence-electron chi connectivity index (χ1n) is 3.45. The molecule has 0 aliphatic heterocycles. The Bertz CT molecular complexity index is 216. The first-order chi connectivity index (χ1) is 5.33. The van der Waals surface area contributed by atoms with Crippen LogP contribution < -0.4 is 4.74 Å². The molecular formula is C6H9BrN2OS. The van der Waals surface area contributed by atoms with Crippen LogP contribution in [0.5, 0.6) is 5.19 Å². The van der Waals surface area contributed by atoms with Crippen molar-refractivity contribution in [3.63, 3.8) is 0 Å².